The summed E-state index contributed by atoms with van der Waals surface area (Å²) < 4.78 is 27.5. The normalized spacial score (nSPS) is 15.2. The van der Waals surface area contributed by atoms with Crippen molar-refractivity contribution >= 4 is 15.8 Å². The van der Waals surface area contributed by atoms with E-state index in [-0.39, 0.29) is 0 Å². The lowest BCUT2D eigenvalue weighted by Gasteiger charge is -2.34. The van der Waals surface area contributed by atoms with Gasteiger partial charge in [-0.2, -0.15) is 4.31 Å². The lowest BCUT2D eigenvalue weighted by atomic mass is 9.99. The molecule has 0 radical (unpaired) electrons. The summed E-state index contributed by atoms with van der Waals surface area (Å²) in [5.74, 6) is 0.777. The van der Waals surface area contributed by atoms with Gasteiger partial charge in [-0.1, -0.05) is 25.1 Å². The van der Waals surface area contributed by atoms with Crippen LogP contribution in [0.15, 0.2) is 53.4 Å². The first-order valence-corrected chi connectivity index (χ1v) is 12.5. The molecule has 0 N–H and O–H groups in total. The van der Waals surface area contributed by atoms with E-state index in [1.54, 1.807) is 16.4 Å². The lowest BCUT2D eigenvalue weighted by molar-refractivity contribution is 0.383. The second kappa shape index (κ2) is 9.00. The highest BCUT2D eigenvalue weighted by atomic mass is 32.2. The number of benzene rings is 2. The molecule has 168 valence electrons. The van der Waals surface area contributed by atoms with Gasteiger partial charge in [-0.3, -0.25) is 0 Å². The van der Waals surface area contributed by atoms with Gasteiger partial charge < -0.3 is 4.90 Å². The van der Waals surface area contributed by atoms with Crippen molar-refractivity contribution in [3.63, 3.8) is 0 Å². The van der Waals surface area contributed by atoms with Gasteiger partial charge >= 0.3 is 0 Å². The molecule has 1 saturated heterocycles. The van der Waals surface area contributed by atoms with Crippen LogP contribution in [0.3, 0.4) is 0 Å². The van der Waals surface area contributed by atoms with Gasteiger partial charge in [0.25, 0.3) is 0 Å². The molecule has 1 aliphatic rings. The minimum absolute atomic E-state index is 0.357. The van der Waals surface area contributed by atoms with Gasteiger partial charge in [0.2, 0.25) is 10.0 Å². The molecule has 3 aromatic rings. The maximum atomic E-state index is 13.0. The molecule has 0 bridgehead atoms. The second-order valence-electron chi connectivity index (χ2n) is 8.42. The van der Waals surface area contributed by atoms with Crippen molar-refractivity contribution < 1.29 is 8.42 Å². The summed E-state index contributed by atoms with van der Waals surface area (Å²) in [7, 11) is -3.48. The van der Waals surface area contributed by atoms with Crippen LogP contribution < -0.4 is 4.90 Å². The van der Waals surface area contributed by atoms with E-state index < -0.39 is 10.0 Å². The van der Waals surface area contributed by atoms with E-state index in [1.165, 1.54) is 16.7 Å². The van der Waals surface area contributed by atoms with Crippen LogP contribution in [0.2, 0.25) is 0 Å². The zero-order chi connectivity index (χ0) is 22.9. The van der Waals surface area contributed by atoms with Crippen molar-refractivity contribution in [2.45, 2.75) is 39.0 Å². The summed E-state index contributed by atoms with van der Waals surface area (Å²) in [5.41, 5.74) is 6.76. The highest BCUT2D eigenvalue weighted by molar-refractivity contribution is 7.89. The Morgan fingerprint density at radius 1 is 0.812 bits per heavy atom. The third-order valence-electron chi connectivity index (χ3n) is 6.30. The summed E-state index contributed by atoms with van der Waals surface area (Å²) in [6.45, 7) is 10.4. The first kappa shape index (κ1) is 22.4. The number of sulfonamides is 1. The van der Waals surface area contributed by atoms with Crippen LogP contribution in [0.1, 0.15) is 29.2 Å². The molecule has 4 rings (SSSR count). The molecule has 0 amide bonds. The highest BCUT2D eigenvalue weighted by Gasteiger charge is 2.29. The smallest absolute Gasteiger partial charge is 0.243 e. The number of aromatic nitrogens is 2. The largest absolute Gasteiger partial charge is 0.352 e. The molecule has 1 fully saturated rings. The molecule has 0 spiro atoms. The highest BCUT2D eigenvalue weighted by Crippen LogP contribution is 2.26. The van der Waals surface area contributed by atoms with Crippen molar-refractivity contribution in [1.29, 1.82) is 0 Å². The van der Waals surface area contributed by atoms with Gasteiger partial charge in [-0.05, 0) is 79.8 Å². The van der Waals surface area contributed by atoms with Crippen molar-refractivity contribution in [3.8, 4) is 11.3 Å². The Morgan fingerprint density at radius 2 is 1.47 bits per heavy atom. The molecule has 2 heterocycles. The van der Waals surface area contributed by atoms with Gasteiger partial charge in [-0.15, -0.1) is 10.2 Å². The fourth-order valence-corrected chi connectivity index (χ4v) is 5.50. The van der Waals surface area contributed by atoms with Crippen molar-refractivity contribution in [1.82, 2.24) is 14.5 Å². The summed E-state index contributed by atoms with van der Waals surface area (Å²) >= 11 is 0. The minimum Gasteiger partial charge on any atom is -0.352 e. The van der Waals surface area contributed by atoms with E-state index in [4.69, 9.17) is 0 Å². The number of anilines is 1. The molecule has 1 aromatic heterocycles. The zero-order valence-electron chi connectivity index (χ0n) is 19.2. The van der Waals surface area contributed by atoms with Crippen LogP contribution in [0.4, 0.5) is 5.82 Å². The SMILES string of the molecule is CCc1ccc(S(=O)(=O)N2CCN(c3ccc(-c4cc(C)c(C)cc4C)nn3)CC2)cc1. The molecule has 6 nitrogen and oxygen atoms in total. The predicted molar refractivity (Wildman–Crippen MR) is 128 cm³/mol. The van der Waals surface area contributed by atoms with Crippen LogP contribution in [-0.2, 0) is 16.4 Å². The first-order valence-electron chi connectivity index (χ1n) is 11.1. The average molecular weight is 451 g/mol. The molecule has 2 aromatic carbocycles. The summed E-state index contributed by atoms with van der Waals surface area (Å²) in [6, 6.07) is 15.5. The van der Waals surface area contributed by atoms with Crippen molar-refractivity contribution in [2.24, 2.45) is 0 Å². The number of hydrogen-bond donors (Lipinski definition) is 0. The van der Waals surface area contributed by atoms with Crippen LogP contribution in [-0.4, -0.2) is 49.1 Å². The number of rotatable bonds is 5. The Labute approximate surface area is 191 Å². The Bertz CT molecular complexity index is 1200. The number of aryl methyl sites for hydroxylation is 4. The van der Waals surface area contributed by atoms with Crippen molar-refractivity contribution in [3.05, 3.63) is 70.8 Å². The lowest BCUT2D eigenvalue weighted by Crippen LogP contribution is -2.49. The van der Waals surface area contributed by atoms with E-state index in [0.29, 0.717) is 31.1 Å². The van der Waals surface area contributed by atoms with Crippen LogP contribution in [0, 0.1) is 20.8 Å². The van der Waals surface area contributed by atoms with E-state index in [2.05, 4.69) is 54.9 Å². The molecular formula is C25H30N4O2S. The van der Waals surface area contributed by atoms with E-state index in [1.807, 2.05) is 24.3 Å². The maximum Gasteiger partial charge on any atom is 0.243 e. The molecule has 7 heteroatoms. The van der Waals surface area contributed by atoms with Crippen LogP contribution in [0.5, 0.6) is 0 Å². The van der Waals surface area contributed by atoms with E-state index in [9.17, 15) is 8.42 Å². The van der Waals surface area contributed by atoms with Gasteiger partial charge in [0, 0.05) is 31.7 Å². The monoisotopic (exact) mass is 450 g/mol. The minimum atomic E-state index is -3.48. The number of hydrogen-bond acceptors (Lipinski definition) is 5. The van der Waals surface area contributed by atoms with Gasteiger partial charge in [-0.25, -0.2) is 8.42 Å². The molecule has 0 aliphatic carbocycles. The Balaban J connectivity index is 1.45. The van der Waals surface area contributed by atoms with Crippen LogP contribution >= 0.6 is 0 Å². The Hall–Kier alpha value is -2.77. The van der Waals surface area contributed by atoms with Gasteiger partial charge in [0.15, 0.2) is 5.82 Å². The Kier molecular flexibility index (Phi) is 6.31. The molecule has 0 unspecified atom stereocenters. The second-order valence-corrected chi connectivity index (χ2v) is 10.4. The summed E-state index contributed by atoms with van der Waals surface area (Å²) in [4.78, 5) is 2.45. The topological polar surface area (TPSA) is 66.4 Å². The zero-order valence-corrected chi connectivity index (χ0v) is 20.0. The third kappa shape index (κ3) is 4.40. The average Bonchev–Trinajstić information content (AvgIpc) is 2.82. The van der Waals surface area contributed by atoms with Crippen molar-refractivity contribution in [2.75, 3.05) is 31.1 Å². The molecule has 1 aliphatic heterocycles. The molecule has 0 saturated carbocycles. The third-order valence-corrected chi connectivity index (χ3v) is 8.21. The van der Waals surface area contributed by atoms with Gasteiger partial charge in [0.1, 0.15) is 0 Å². The quantitative estimate of drug-likeness (QED) is 0.584. The molecule has 32 heavy (non-hydrogen) atoms. The Morgan fingerprint density at radius 3 is 2.06 bits per heavy atom. The standard InChI is InChI=1S/C25H30N4O2S/c1-5-21-6-8-22(9-7-21)32(30,31)29-14-12-28(13-15-29)25-11-10-24(26-27-25)23-17-19(3)18(2)16-20(23)4/h6-11,16-17H,5,12-15H2,1-4H3. The fraction of sp³-hybridized carbons (Fsp3) is 0.360. The van der Waals surface area contributed by atoms with E-state index >= 15 is 0 Å². The molecule has 0 atom stereocenters. The summed E-state index contributed by atoms with van der Waals surface area (Å²) in [6.07, 6.45) is 0.891. The van der Waals surface area contributed by atoms with Crippen LogP contribution in [0.25, 0.3) is 11.3 Å². The van der Waals surface area contributed by atoms with Gasteiger partial charge in [0.05, 0.1) is 10.6 Å². The van der Waals surface area contributed by atoms with E-state index in [0.717, 1.165) is 29.1 Å². The maximum absolute atomic E-state index is 13.0. The molecular weight excluding hydrogens is 420 g/mol. The fourth-order valence-electron chi connectivity index (χ4n) is 4.08. The predicted octanol–water partition coefficient (Wildman–Crippen LogP) is 4.14. The summed E-state index contributed by atoms with van der Waals surface area (Å²) in [5, 5.41) is 8.91. The number of nitrogens with zero attached hydrogens (tertiary/aromatic N) is 4. The number of piperazine rings is 1. The first-order chi connectivity index (χ1) is 15.3.